The molecule has 0 fully saturated rings. The summed E-state index contributed by atoms with van der Waals surface area (Å²) in [5, 5.41) is 10.7. The Bertz CT molecular complexity index is 1040. The van der Waals surface area contributed by atoms with Gasteiger partial charge in [0.05, 0.1) is 16.1 Å². The number of non-ortho nitro benzene ring substituents is 1. The van der Waals surface area contributed by atoms with E-state index in [4.69, 9.17) is 4.74 Å². The molecule has 28 heavy (non-hydrogen) atoms. The second-order valence-corrected chi connectivity index (χ2v) is 5.80. The number of carbonyl (C=O) groups excluding carboxylic acids is 2. The van der Waals surface area contributed by atoms with E-state index in [0.29, 0.717) is 0 Å². The molecule has 0 bridgehead atoms. The van der Waals surface area contributed by atoms with Crippen LogP contribution >= 0.6 is 0 Å². The summed E-state index contributed by atoms with van der Waals surface area (Å²) in [6.07, 6.45) is 3.09. The van der Waals surface area contributed by atoms with Crippen molar-refractivity contribution in [3.8, 4) is 5.75 Å². The molecule has 0 saturated heterocycles. The van der Waals surface area contributed by atoms with E-state index in [0.717, 1.165) is 5.56 Å². The second kappa shape index (κ2) is 8.55. The van der Waals surface area contributed by atoms with Gasteiger partial charge in [-0.1, -0.05) is 48.5 Å². The van der Waals surface area contributed by atoms with Crippen molar-refractivity contribution in [2.45, 2.75) is 0 Å². The molecule has 0 aliphatic rings. The number of nitrogens with zero attached hydrogens (tertiary/aromatic N) is 1. The number of allylic oxidation sites excluding steroid dienone is 1. The van der Waals surface area contributed by atoms with Crippen LogP contribution in [-0.2, 0) is 0 Å². The largest absolute Gasteiger partial charge is 0.422 e. The average molecular weight is 373 g/mol. The summed E-state index contributed by atoms with van der Waals surface area (Å²) in [6.45, 7) is 0. The molecule has 0 spiro atoms. The number of rotatable bonds is 6. The molecule has 0 atom stereocenters. The monoisotopic (exact) mass is 373 g/mol. The van der Waals surface area contributed by atoms with E-state index in [9.17, 15) is 19.7 Å². The van der Waals surface area contributed by atoms with Gasteiger partial charge in [0.25, 0.3) is 5.69 Å². The molecule has 3 aromatic rings. The van der Waals surface area contributed by atoms with Crippen LogP contribution in [0.25, 0.3) is 6.08 Å². The zero-order valence-electron chi connectivity index (χ0n) is 14.6. The van der Waals surface area contributed by atoms with Crippen LogP contribution in [0.5, 0.6) is 5.75 Å². The molecule has 6 nitrogen and oxygen atoms in total. The quantitative estimate of drug-likeness (QED) is 0.156. The van der Waals surface area contributed by atoms with Crippen molar-refractivity contribution in [1.82, 2.24) is 0 Å². The first-order valence-corrected chi connectivity index (χ1v) is 8.38. The smallest absolute Gasteiger partial charge is 0.343 e. The van der Waals surface area contributed by atoms with Gasteiger partial charge < -0.3 is 4.74 Å². The number of hydrogen-bond acceptors (Lipinski definition) is 5. The topological polar surface area (TPSA) is 86.5 Å². The fourth-order valence-electron chi connectivity index (χ4n) is 2.46. The van der Waals surface area contributed by atoms with Gasteiger partial charge in [0, 0.05) is 12.1 Å². The van der Waals surface area contributed by atoms with E-state index in [-0.39, 0.29) is 28.3 Å². The van der Waals surface area contributed by atoms with Crippen LogP contribution < -0.4 is 4.74 Å². The van der Waals surface area contributed by atoms with Crippen LogP contribution in [0, 0.1) is 10.1 Å². The summed E-state index contributed by atoms with van der Waals surface area (Å²) in [5.74, 6) is -0.897. The minimum Gasteiger partial charge on any atom is -0.422 e. The molecule has 0 amide bonds. The van der Waals surface area contributed by atoms with Gasteiger partial charge in [0.1, 0.15) is 5.75 Å². The zero-order valence-corrected chi connectivity index (χ0v) is 14.6. The Morgan fingerprint density at radius 3 is 2.18 bits per heavy atom. The van der Waals surface area contributed by atoms with Crippen LogP contribution in [0.4, 0.5) is 5.69 Å². The molecule has 0 aliphatic carbocycles. The first-order chi connectivity index (χ1) is 13.5. The number of para-hydroxylation sites is 1. The van der Waals surface area contributed by atoms with Gasteiger partial charge >= 0.3 is 5.97 Å². The van der Waals surface area contributed by atoms with E-state index in [1.54, 1.807) is 24.3 Å². The fourth-order valence-corrected chi connectivity index (χ4v) is 2.46. The number of ether oxygens (including phenoxy) is 1. The molecule has 0 aromatic heterocycles. The lowest BCUT2D eigenvalue weighted by Gasteiger charge is -2.08. The molecule has 0 unspecified atom stereocenters. The van der Waals surface area contributed by atoms with Crippen molar-refractivity contribution in [3.63, 3.8) is 0 Å². The van der Waals surface area contributed by atoms with E-state index in [2.05, 4.69) is 0 Å². The Morgan fingerprint density at radius 1 is 0.857 bits per heavy atom. The molecule has 3 rings (SSSR count). The Hall–Kier alpha value is -4.06. The van der Waals surface area contributed by atoms with E-state index >= 15 is 0 Å². The van der Waals surface area contributed by atoms with Gasteiger partial charge in [-0.3, -0.25) is 14.9 Å². The Labute approximate surface area is 160 Å². The van der Waals surface area contributed by atoms with Crippen molar-refractivity contribution in [2.24, 2.45) is 0 Å². The van der Waals surface area contributed by atoms with Crippen molar-refractivity contribution in [3.05, 3.63) is 112 Å². The highest BCUT2D eigenvalue weighted by Crippen LogP contribution is 2.21. The molecule has 3 aromatic carbocycles. The number of benzene rings is 3. The summed E-state index contributed by atoms with van der Waals surface area (Å²) < 4.78 is 5.34. The lowest BCUT2D eigenvalue weighted by Crippen LogP contribution is -2.11. The SMILES string of the molecule is O=C(Oc1ccccc1C(=O)/C=C/c1ccccc1)c1ccc([N+](=O)[O-])cc1. The first-order valence-electron chi connectivity index (χ1n) is 8.38. The summed E-state index contributed by atoms with van der Waals surface area (Å²) >= 11 is 0. The molecule has 0 saturated carbocycles. The predicted octanol–water partition coefficient (Wildman–Crippen LogP) is 4.71. The lowest BCUT2D eigenvalue weighted by atomic mass is 10.1. The van der Waals surface area contributed by atoms with Gasteiger partial charge in [-0.15, -0.1) is 0 Å². The number of nitro benzene ring substituents is 1. The standard InChI is InChI=1S/C22H15NO5/c24-20(15-10-16-6-2-1-3-7-16)19-8-4-5-9-21(19)28-22(25)17-11-13-18(14-12-17)23(26)27/h1-15H/b15-10+. The number of carbonyl (C=O) groups is 2. The Morgan fingerprint density at radius 2 is 1.50 bits per heavy atom. The third kappa shape index (κ3) is 4.56. The van der Waals surface area contributed by atoms with E-state index < -0.39 is 10.9 Å². The number of hydrogen-bond donors (Lipinski definition) is 0. The van der Waals surface area contributed by atoms with Crippen LogP contribution in [-0.4, -0.2) is 16.7 Å². The Balaban J connectivity index is 1.78. The number of esters is 1. The minimum absolute atomic E-state index is 0.119. The minimum atomic E-state index is -0.706. The summed E-state index contributed by atoms with van der Waals surface area (Å²) in [5.41, 5.74) is 1.13. The summed E-state index contributed by atoms with van der Waals surface area (Å²) in [7, 11) is 0. The van der Waals surface area contributed by atoms with Gasteiger partial charge in [0.2, 0.25) is 0 Å². The van der Waals surface area contributed by atoms with Crippen LogP contribution in [0.15, 0.2) is 84.9 Å². The van der Waals surface area contributed by atoms with Gasteiger partial charge in [-0.2, -0.15) is 0 Å². The third-order valence-electron chi connectivity index (χ3n) is 3.90. The molecular formula is C22H15NO5. The van der Waals surface area contributed by atoms with E-state index in [1.165, 1.54) is 36.4 Å². The van der Waals surface area contributed by atoms with Crippen molar-refractivity contribution >= 4 is 23.5 Å². The third-order valence-corrected chi connectivity index (χ3v) is 3.90. The van der Waals surface area contributed by atoms with Gasteiger partial charge in [-0.25, -0.2) is 4.79 Å². The zero-order chi connectivity index (χ0) is 19.9. The molecule has 138 valence electrons. The van der Waals surface area contributed by atoms with Crippen LogP contribution in [0.3, 0.4) is 0 Å². The van der Waals surface area contributed by atoms with Crippen molar-refractivity contribution in [1.29, 1.82) is 0 Å². The van der Waals surface area contributed by atoms with Crippen LogP contribution in [0.1, 0.15) is 26.3 Å². The fraction of sp³-hybridized carbons (Fsp3) is 0. The maximum Gasteiger partial charge on any atom is 0.343 e. The highest BCUT2D eigenvalue weighted by atomic mass is 16.6. The maximum atomic E-state index is 12.5. The van der Waals surface area contributed by atoms with Crippen molar-refractivity contribution in [2.75, 3.05) is 0 Å². The normalized spacial score (nSPS) is 10.6. The number of nitro groups is 1. The van der Waals surface area contributed by atoms with Crippen LogP contribution in [0.2, 0.25) is 0 Å². The molecule has 0 N–H and O–H groups in total. The molecular weight excluding hydrogens is 358 g/mol. The van der Waals surface area contributed by atoms with Crippen molar-refractivity contribution < 1.29 is 19.2 Å². The Kier molecular flexibility index (Phi) is 5.72. The summed E-state index contributed by atoms with van der Waals surface area (Å²) in [6, 6.07) is 20.8. The highest BCUT2D eigenvalue weighted by Gasteiger charge is 2.15. The molecule has 0 heterocycles. The second-order valence-electron chi connectivity index (χ2n) is 5.80. The summed E-state index contributed by atoms with van der Waals surface area (Å²) in [4.78, 5) is 35.0. The first kappa shape index (κ1) is 18.7. The van der Waals surface area contributed by atoms with Gasteiger partial charge in [-0.05, 0) is 35.9 Å². The maximum absolute atomic E-state index is 12.5. The number of ketones is 1. The van der Waals surface area contributed by atoms with Gasteiger partial charge in [0.15, 0.2) is 5.78 Å². The predicted molar refractivity (Wildman–Crippen MR) is 104 cm³/mol. The highest BCUT2D eigenvalue weighted by molar-refractivity contribution is 6.09. The molecule has 6 heteroatoms. The average Bonchev–Trinajstić information content (AvgIpc) is 2.73. The molecule has 0 aliphatic heterocycles. The lowest BCUT2D eigenvalue weighted by molar-refractivity contribution is -0.384. The van der Waals surface area contributed by atoms with E-state index in [1.807, 2.05) is 30.3 Å². The molecule has 0 radical (unpaired) electrons.